The molecule has 0 saturated carbocycles. The van der Waals surface area contributed by atoms with Crippen LogP contribution in [0.15, 0.2) is 0 Å². The van der Waals surface area contributed by atoms with E-state index in [0.717, 1.165) is 0 Å². The second-order valence-corrected chi connectivity index (χ2v) is 1.64. The zero-order valence-corrected chi connectivity index (χ0v) is 9.18. The van der Waals surface area contributed by atoms with Gasteiger partial charge in [-0.05, 0) is 6.42 Å². The molecule has 0 bridgehead atoms. The van der Waals surface area contributed by atoms with Gasteiger partial charge in [0.15, 0.2) is 5.92 Å². The van der Waals surface area contributed by atoms with E-state index in [2.05, 4.69) is 0 Å². The largest absolute Gasteiger partial charge is 2.00 e. The molecule has 0 atom stereocenters. The Morgan fingerprint density at radius 2 is 1.70 bits per heavy atom. The monoisotopic (exact) mass is 222 g/mol. The molecule has 4 nitrogen and oxygen atoms in total. The molecule has 0 aliphatic heterocycles. The van der Waals surface area contributed by atoms with Crippen LogP contribution in [-0.2, 0) is 9.59 Å². The van der Waals surface area contributed by atoms with Crippen LogP contribution in [0.4, 0.5) is 0 Å². The van der Waals surface area contributed by atoms with E-state index in [1.54, 1.807) is 0 Å². The van der Waals surface area contributed by atoms with Crippen molar-refractivity contribution in [3.63, 3.8) is 0 Å². The fraction of sp³-hybridized carbons (Fsp3) is 0.600. The normalized spacial score (nSPS) is 8.60. The van der Waals surface area contributed by atoms with Gasteiger partial charge in [0.05, 0.1) is 0 Å². The maximum atomic E-state index is 9.99. The Labute approximate surface area is 98.5 Å². The van der Waals surface area contributed by atoms with E-state index in [1.165, 1.54) is 6.92 Å². The summed E-state index contributed by atoms with van der Waals surface area (Å²) in [5, 5.41) is 16.3. The third kappa shape index (κ3) is 4.27. The Hall–Kier alpha value is 0.421. The van der Waals surface area contributed by atoms with Gasteiger partial charge in [0.2, 0.25) is 0 Å². The molecule has 0 rings (SSSR count). The zero-order chi connectivity index (χ0) is 7.44. The third-order valence-corrected chi connectivity index (χ3v) is 1.00. The summed E-state index contributed by atoms with van der Waals surface area (Å²) in [7, 11) is 0. The molecule has 0 aromatic heterocycles. The minimum atomic E-state index is -1.27. The average Bonchev–Trinajstić information content (AvgIpc) is 1.64. The van der Waals surface area contributed by atoms with Crippen LogP contribution < -0.4 is 0 Å². The first-order valence-corrected chi connectivity index (χ1v) is 2.55. The number of rotatable bonds is 3. The van der Waals surface area contributed by atoms with Crippen LogP contribution in [0.3, 0.4) is 0 Å². The Morgan fingerprint density at radius 3 is 1.70 bits per heavy atom. The maximum absolute atomic E-state index is 9.99. The van der Waals surface area contributed by atoms with E-state index in [-0.39, 0.29) is 54.8 Å². The molecule has 0 amide bonds. The Bertz CT molecular complexity index is 127. The van der Waals surface area contributed by atoms with Crippen LogP contribution in [0, 0.1) is 5.92 Å². The SMILES string of the molecule is CCC(C(=O)O)C(=O)O.[H-].[H-].[Sr+2]. The van der Waals surface area contributed by atoms with E-state index in [9.17, 15) is 9.59 Å². The molecule has 10 heavy (non-hydrogen) atoms. The second-order valence-electron chi connectivity index (χ2n) is 1.64. The Balaban J connectivity index is -0.000000107. The number of hydrogen-bond acceptors (Lipinski definition) is 2. The van der Waals surface area contributed by atoms with Crippen LogP contribution in [0.5, 0.6) is 0 Å². The number of aliphatic carboxylic acids is 2. The molecule has 0 aromatic rings. The van der Waals surface area contributed by atoms with E-state index < -0.39 is 17.9 Å². The van der Waals surface area contributed by atoms with Crippen LogP contribution in [0.1, 0.15) is 16.2 Å². The summed E-state index contributed by atoms with van der Waals surface area (Å²) in [6.45, 7) is 1.52. The van der Waals surface area contributed by atoms with Gasteiger partial charge in [-0.2, -0.15) is 0 Å². The summed E-state index contributed by atoms with van der Waals surface area (Å²) < 4.78 is 0. The van der Waals surface area contributed by atoms with Gasteiger partial charge in [0.25, 0.3) is 0 Å². The van der Waals surface area contributed by atoms with Gasteiger partial charge in [0, 0.05) is 0 Å². The van der Waals surface area contributed by atoms with Crippen molar-refractivity contribution in [1.29, 1.82) is 0 Å². The minimum Gasteiger partial charge on any atom is -1.00 e. The molecule has 0 aliphatic rings. The number of carboxylic acids is 2. The predicted octanol–water partition coefficient (Wildman–Crippen LogP) is 0.0260. The van der Waals surface area contributed by atoms with Crippen molar-refractivity contribution in [2.45, 2.75) is 13.3 Å². The summed E-state index contributed by atoms with van der Waals surface area (Å²) in [4.78, 5) is 20.0. The molecule has 0 aliphatic carbocycles. The molecular weight excluding hydrogens is 212 g/mol. The van der Waals surface area contributed by atoms with Gasteiger partial charge in [-0.1, -0.05) is 6.92 Å². The molecule has 5 heteroatoms. The topological polar surface area (TPSA) is 74.6 Å². The van der Waals surface area contributed by atoms with Crippen molar-refractivity contribution >= 4 is 57.4 Å². The van der Waals surface area contributed by atoms with Crippen molar-refractivity contribution in [2.75, 3.05) is 0 Å². The molecule has 0 spiro atoms. The quantitative estimate of drug-likeness (QED) is 0.521. The summed E-state index contributed by atoms with van der Waals surface area (Å²) >= 11 is 0. The fourth-order valence-electron chi connectivity index (χ4n) is 0.455. The number of carboxylic acid groups (broad SMARTS) is 2. The first-order chi connectivity index (χ1) is 4.09. The summed E-state index contributed by atoms with van der Waals surface area (Å²) in [5.41, 5.74) is 0. The van der Waals surface area contributed by atoms with Crippen LogP contribution in [-0.4, -0.2) is 67.6 Å². The molecule has 0 saturated heterocycles. The zero-order valence-electron chi connectivity index (χ0n) is 7.70. The maximum Gasteiger partial charge on any atom is 2.00 e. The first kappa shape index (κ1) is 13.0. The van der Waals surface area contributed by atoms with E-state index in [0.29, 0.717) is 0 Å². The molecule has 0 aromatic carbocycles. The van der Waals surface area contributed by atoms with E-state index in [4.69, 9.17) is 10.2 Å². The van der Waals surface area contributed by atoms with Gasteiger partial charge >= 0.3 is 57.4 Å². The summed E-state index contributed by atoms with van der Waals surface area (Å²) in [5.74, 6) is -3.79. The van der Waals surface area contributed by atoms with Crippen molar-refractivity contribution in [1.82, 2.24) is 0 Å². The number of carbonyl (C=O) groups is 2. The third-order valence-electron chi connectivity index (χ3n) is 1.00. The van der Waals surface area contributed by atoms with Crippen molar-refractivity contribution in [2.24, 2.45) is 5.92 Å². The van der Waals surface area contributed by atoms with Gasteiger partial charge < -0.3 is 13.1 Å². The van der Waals surface area contributed by atoms with Gasteiger partial charge in [-0.15, -0.1) is 0 Å². The molecular formula is C5H10O4Sr. The molecule has 2 N–H and O–H groups in total. The second kappa shape index (κ2) is 6.15. The van der Waals surface area contributed by atoms with Crippen molar-refractivity contribution < 1.29 is 22.7 Å². The summed E-state index contributed by atoms with van der Waals surface area (Å²) in [6.07, 6.45) is 0.130. The first-order valence-electron chi connectivity index (χ1n) is 2.55. The van der Waals surface area contributed by atoms with Crippen molar-refractivity contribution in [3.8, 4) is 0 Å². The minimum absolute atomic E-state index is 0. The summed E-state index contributed by atoms with van der Waals surface area (Å²) in [6, 6.07) is 0. The average molecular weight is 222 g/mol. The van der Waals surface area contributed by atoms with Crippen LogP contribution >= 0.6 is 0 Å². The van der Waals surface area contributed by atoms with Crippen molar-refractivity contribution in [3.05, 3.63) is 0 Å². The Morgan fingerprint density at radius 1 is 1.40 bits per heavy atom. The van der Waals surface area contributed by atoms with Gasteiger partial charge in [0.1, 0.15) is 0 Å². The molecule has 0 radical (unpaired) electrons. The predicted molar refractivity (Wildman–Crippen MR) is 37.0 cm³/mol. The Kier molecular flexibility index (Phi) is 8.02. The molecule has 0 fully saturated rings. The number of hydrogen-bond donors (Lipinski definition) is 2. The standard InChI is InChI=1S/C5H8O4.Sr.2H/c1-2-3(4(6)7)5(8)9;;;/h3H,2H2,1H3,(H,6,7)(H,8,9);;;/q;+2;2*-1. The van der Waals surface area contributed by atoms with E-state index >= 15 is 0 Å². The van der Waals surface area contributed by atoms with Crippen LogP contribution in [0.25, 0.3) is 0 Å². The molecule has 0 unspecified atom stereocenters. The fourth-order valence-corrected chi connectivity index (χ4v) is 0.455. The molecule has 0 heterocycles. The van der Waals surface area contributed by atoms with Crippen LogP contribution in [0.2, 0.25) is 0 Å². The van der Waals surface area contributed by atoms with E-state index in [1.807, 2.05) is 0 Å². The molecule has 56 valence electrons. The smallest absolute Gasteiger partial charge is 1.00 e. The van der Waals surface area contributed by atoms with Gasteiger partial charge in [-0.3, -0.25) is 9.59 Å². The van der Waals surface area contributed by atoms with Gasteiger partial charge in [-0.25, -0.2) is 0 Å².